The summed E-state index contributed by atoms with van der Waals surface area (Å²) in [5.74, 6) is 0.969. The van der Waals surface area contributed by atoms with Gasteiger partial charge in [-0.25, -0.2) is 0 Å². The van der Waals surface area contributed by atoms with E-state index in [1.165, 1.54) is 18.4 Å². The van der Waals surface area contributed by atoms with Crippen molar-refractivity contribution in [3.05, 3.63) is 29.8 Å². The third-order valence-electron chi connectivity index (χ3n) is 4.09. The molecule has 1 saturated heterocycles. The Bertz CT molecular complexity index is 409. The van der Waals surface area contributed by atoms with E-state index >= 15 is 0 Å². The maximum absolute atomic E-state index is 5.84. The SMILES string of the molecule is c1cc(OCCN2CCCOCC2)ccc1CNC1CC1. The van der Waals surface area contributed by atoms with Gasteiger partial charge in [-0.05, 0) is 37.0 Å². The van der Waals surface area contributed by atoms with Crippen LogP contribution in [0.25, 0.3) is 0 Å². The summed E-state index contributed by atoms with van der Waals surface area (Å²) in [6.07, 6.45) is 3.80. The van der Waals surface area contributed by atoms with Gasteiger partial charge in [0.2, 0.25) is 0 Å². The van der Waals surface area contributed by atoms with Crippen LogP contribution in [0.1, 0.15) is 24.8 Å². The highest BCUT2D eigenvalue weighted by Gasteiger charge is 2.19. The number of rotatable bonds is 7. The van der Waals surface area contributed by atoms with Crippen LogP contribution in [-0.4, -0.2) is 50.4 Å². The molecule has 1 heterocycles. The molecule has 116 valence electrons. The number of hydrogen-bond acceptors (Lipinski definition) is 4. The van der Waals surface area contributed by atoms with E-state index in [0.29, 0.717) is 0 Å². The van der Waals surface area contributed by atoms with Crippen molar-refractivity contribution in [1.82, 2.24) is 10.2 Å². The quantitative estimate of drug-likeness (QED) is 0.833. The molecule has 0 radical (unpaired) electrons. The Morgan fingerprint density at radius 3 is 2.81 bits per heavy atom. The van der Waals surface area contributed by atoms with Crippen molar-refractivity contribution in [1.29, 1.82) is 0 Å². The van der Waals surface area contributed by atoms with E-state index in [1.807, 2.05) is 0 Å². The summed E-state index contributed by atoms with van der Waals surface area (Å²) in [6.45, 7) is 6.59. The maximum atomic E-state index is 5.84. The van der Waals surface area contributed by atoms with Gasteiger partial charge in [0.25, 0.3) is 0 Å². The highest BCUT2D eigenvalue weighted by molar-refractivity contribution is 5.27. The van der Waals surface area contributed by atoms with Crippen LogP contribution in [0, 0.1) is 0 Å². The Labute approximate surface area is 127 Å². The van der Waals surface area contributed by atoms with Gasteiger partial charge in [-0.2, -0.15) is 0 Å². The van der Waals surface area contributed by atoms with Gasteiger partial charge in [0.1, 0.15) is 12.4 Å². The minimum Gasteiger partial charge on any atom is -0.492 e. The fourth-order valence-electron chi connectivity index (χ4n) is 2.57. The van der Waals surface area contributed by atoms with Crippen molar-refractivity contribution in [2.45, 2.75) is 31.8 Å². The third-order valence-corrected chi connectivity index (χ3v) is 4.09. The van der Waals surface area contributed by atoms with E-state index in [4.69, 9.17) is 9.47 Å². The van der Waals surface area contributed by atoms with Gasteiger partial charge in [0.15, 0.2) is 0 Å². The molecule has 4 heteroatoms. The van der Waals surface area contributed by atoms with Gasteiger partial charge in [-0.15, -0.1) is 0 Å². The first-order valence-electron chi connectivity index (χ1n) is 8.15. The van der Waals surface area contributed by atoms with Crippen molar-refractivity contribution in [2.24, 2.45) is 0 Å². The van der Waals surface area contributed by atoms with Gasteiger partial charge in [0, 0.05) is 38.8 Å². The summed E-state index contributed by atoms with van der Waals surface area (Å²) in [4.78, 5) is 2.42. The first-order chi connectivity index (χ1) is 10.4. The molecule has 0 aromatic heterocycles. The molecule has 1 aliphatic heterocycles. The van der Waals surface area contributed by atoms with E-state index in [1.54, 1.807) is 0 Å². The molecule has 0 bridgehead atoms. The second kappa shape index (κ2) is 7.78. The lowest BCUT2D eigenvalue weighted by Gasteiger charge is -2.19. The van der Waals surface area contributed by atoms with Crippen LogP contribution in [-0.2, 0) is 11.3 Å². The molecule has 0 amide bonds. The average Bonchev–Trinajstić information content (AvgIpc) is 3.34. The molecule has 1 N–H and O–H groups in total. The van der Waals surface area contributed by atoms with E-state index < -0.39 is 0 Å². The van der Waals surface area contributed by atoms with E-state index in [2.05, 4.69) is 34.5 Å². The highest BCUT2D eigenvalue weighted by atomic mass is 16.5. The number of nitrogens with one attached hydrogen (secondary N) is 1. The summed E-state index contributed by atoms with van der Waals surface area (Å²) in [6, 6.07) is 9.23. The Kier molecular flexibility index (Phi) is 5.49. The standard InChI is InChI=1S/C17H26N2O2/c1-8-19(9-12-20-11-1)10-13-21-17-6-2-15(3-7-17)14-18-16-4-5-16/h2-3,6-7,16,18H,1,4-5,8-14H2. The fraction of sp³-hybridized carbons (Fsp3) is 0.647. The third kappa shape index (κ3) is 5.30. The molecule has 0 spiro atoms. The monoisotopic (exact) mass is 290 g/mol. The molecule has 0 atom stereocenters. The van der Waals surface area contributed by atoms with E-state index in [-0.39, 0.29) is 0 Å². The summed E-state index contributed by atoms with van der Waals surface area (Å²) in [5.41, 5.74) is 1.33. The number of benzene rings is 1. The lowest BCUT2D eigenvalue weighted by molar-refractivity contribution is 0.137. The summed E-state index contributed by atoms with van der Waals surface area (Å²) in [7, 11) is 0. The van der Waals surface area contributed by atoms with E-state index in [9.17, 15) is 0 Å². The maximum Gasteiger partial charge on any atom is 0.119 e. The van der Waals surface area contributed by atoms with Crippen LogP contribution in [0.15, 0.2) is 24.3 Å². The van der Waals surface area contributed by atoms with Gasteiger partial charge in [-0.3, -0.25) is 4.90 Å². The van der Waals surface area contributed by atoms with Crippen molar-refractivity contribution in [3.63, 3.8) is 0 Å². The van der Waals surface area contributed by atoms with Crippen LogP contribution >= 0.6 is 0 Å². The topological polar surface area (TPSA) is 33.7 Å². The zero-order valence-electron chi connectivity index (χ0n) is 12.7. The smallest absolute Gasteiger partial charge is 0.119 e. The molecule has 2 aliphatic rings. The van der Waals surface area contributed by atoms with Gasteiger partial charge < -0.3 is 14.8 Å². The summed E-state index contributed by atoms with van der Waals surface area (Å²) in [5, 5.41) is 3.53. The van der Waals surface area contributed by atoms with Crippen molar-refractivity contribution >= 4 is 0 Å². The molecule has 1 aromatic carbocycles. The molecule has 0 unspecified atom stereocenters. The Morgan fingerprint density at radius 2 is 2.00 bits per heavy atom. The lowest BCUT2D eigenvalue weighted by Crippen LogP contribution is -2.30. The molecule has 21 heavy (non-hydrogen) atoms. The van der Waals surface area contributed by atoms with Gasteiger partial charge >= 0.3 is 0 Å². The van der Waals surface area contributed by atoms with Crippen LogP contribution < -0.4 is 10.1 Å². The van der Waals surface area contributed by atoms with Crippen LogP contribution in [0.2, 0.25) is 0 Å². The normalized spacial score (nSPS) is 20.2. The zero-order chi connectivity index (χ0) is 14.3. The predicted molar refractivity (Wildman–Crippen MR) is 83.7 cm³/mol. The molecular formula is C17H26N2O2. The zero-order valence-corrected chi connectivity index (χ0v) is 12.7. The van der Waals surface area contributed by atoms with E-state index in [0.717, 1.165) is 64.2 Å². The molecule has 1 saturated carbocycles. The van der Waals surface area contributed by atoms with Gasteiger partial charge in [0.05, 0.1) is 6.61 Å². The number of ether oxygens (including phenoxy) is 2. The molecule has 1 aromatic rings. The van der Waals surface area contributed by atoms with Crippen molar-refractivity contribution < 1.29 is 9.47 Å². The Hall–Kier alpha value is -1.10. The van der Waals surface area contributed by atoms with Crippen molar-refractivity contribution in [2.75, 3.05) is 39.5 Å². The summed E-state index contributed by atoms with van der Waals surface area (Å²) >= 11 is 0. The molecule has 2 fully saturated rings. The van der Waals surface area contributed by atoms with Crippen LogP contribution in [0.3, 0.4) is 0 Å². The second-order valence-electron chi connectivity index (χ2n) is 5.96. The predicted octanol–water partition coefficient (Wildman–Crippen LogP) is 2.04. The van der Waals surface area contributed by atoms with Crippen LogP contribution in [0.5, 0.6) is 5.75 Å². The Balaban J connectivity index is 1.36. The van der Waals surface area contributed by atoms with Crippen molar-refractivity contribution in [3.8, 4) is 5.75 Å². The molecule has 3 rings (SSSR count). The highest BCUT2D eigenvalue weighted by Crippen LogP contribution is 2.20. The lowest BCUT2D eigenvalue weighted by atomic mass is 10.2. The van der Waals surface area contributed by atoms with Crippen LogP contribution in [0.4, 0.5) is 0 Å². The molecule has 1 aliphatic carbocycles. The average molecular weight is 290 g/mol. The molecule has 4 nitrogen and oxygen atoms in total. The first kappa shape index (κ1) is 14.8. The minimum absolute atomic E-state index is 0.750. The summed E-state index contributed by atoms with van der Waals surface area (Å²) < 4.78 is 11.3. The first-order valence-corrected chi connectivity index (χ1v) is 8.15. The Morgan fingerprint density at radius 1 is 1.14 bits per heavy atom. The van der Waals surface area contributed by atoms with Gasteiger partial charge in [-0.1, -0.05) is 12.1 Å². The minimum atomic E-state index is 0.750. The largest absolute Gasteiger partial charge is 0.492 e. The number of hydrogen-bond donors (Lipinski definition) is 1. The second-order valence-corrected chi connectivity index (χ2v) is 5.96. The fourth-order valence-corrected chi connectivity index (χ4v) is 2.57. The number of nitrogens with zero attached hydrogens (tertiary/aromatic N) is 1. The molecular weight excluding hydrogens is 264 g/mol.